The first-order chi connectivity index (χ1) is 13.2. The molecule has 1 aliphatic heterocycles. The lowest BCUT2D eigenvalue weighted by Crippen LogP contribution is -2.38. The molecule has 0 bridgehead atoms. The predicted octanol–water partition coefficient (Wildman–Crippen LogP) is 4.59. The van der Waals surface area contributed by atoms with Crippen molar-refractivity contribution in [2.24, 2.45) is 5.92 Å². The Labute approximate surface area is 160 Å². The molecule has 0 radical (unpaired) electrons. The number of carbonyl (C=O) groups is 1. The van der Waals surface area contributed by atoms with Crippen LogP contribution in [0.2, 0.25) is 0 Å². The van der Waals surface area contributed by atoms with Gasteiger partial charge in [0.1, 0.15) is 0 Å². The molecule has 0 N–H and O–H groups in total. The van der Waals surface area contributed by atoms with Crippen LogP contribution in [0.15, 0.2) is 42.5 Å². The number of hydrogen-bond donors (Lipinski definition) is 0. The molecule has 4 nitrogen and oxygen atoms in total. The summed E-state index contributed by atoms with van der Waals surface area (Å²) in [5.41, 5.74) is 3.91. The SMILES string of the molecule is CCOC(=O)[C@@H]1CCCN(Cc2ccc3c(c2)c2ccccc2n3CC)C1. The van der Waals surface area contributed by atoms with Crippen molar-refractivity contribution in [1.29, 1.82) is 0 Å². The molecule has 27 heavy (non-hydrogen) atoms. The maximum Gasteiger partial charge on any atom is 0.310 e. The maximum atomic E-state index is 12.1. The van der Waals surface area contributed by atoms with Crippen molar-refractivity contribution in [1.82, 2.24) is 9.47 Å². The zero-order valence-electron chi connectivity index (χ0n) is 16.3. The molecule has 0 spiro atoms. The zero-order chi connectivity index (χ0) is 18.8. The number of esters is 1. The molecular formula is C23H28N2O2. The Kier molecular flexibility index (Phi) is 5.17. The monoisotopic (exact) mass is 364 g/mol. The van der Waals surface area contributed by atoms with Crippen LogP contribution in [-0.4, -0.2) is 35.1 Å². The van der Waals surface area contributed by atoms with Gasteiger partial charge in [0, 0.05) is 41.4 Å². The van der Waals surface area contributed by atoms with Crippen molar-refractivity contribution in [2.75, 3.05) is 19.7 Å². The largest absolute Gasteiger partial charge is 0.466 e. The van der Waals surface area contributed by atoms with Crippen molar-refractivity contribution in [3.05, 3.63) is 48.0 Å². The predicted molar refractivity (Wildman–Crippen MR) is 110 cm³/mol. The molecule has 1 atom stereocenters. The topological polar surface area (TPSA) is 34.5 Å². The second kappa shape index (κ2) is 7.73. The van der Waals surface area contributed by atoms with E-state index in [1.165, 1.54) is 27.4 Å². The summed E-state index contributed by atoms with van der Waals surface area (Å²) in [6.45, 7) is 8.24. The molecule has 1 saturated heterocycles. The molecule has 0 aliphatic carbocycles. The normalized spacial score (nSPS) is 18.2. The van der Waals surface area contributed by atoms with Crippen LogP contribution >= 0.6 is 0 Å². The summed E-state index contributed by atoms with van der Waals surface area (Å²) < 4.78 is 7.61. The number of aryl methyl sites for hydroxylation is 1. The third-order valence-electron chi connectivity index (χ3n) is 5.68. The molecule has 3 aromatic rings. The van der Waals surface area contributed by atoms with E-state index in [0.29, 0.717) is 6.61 Å². The van der Waals surface area contributed by atoms with Crippen LogP contribution in [0.1, 0.15) is 32.3 Å². The number of ether oxygens (including phenoxy) is 1. The number of hydrogen-bond acceptors (Lipinski definition) is 3. The van der Waals surface area contributed by atoms with E-state index in [4.69, 9.17) is 4.74 Å². The number of benzene rings is 2. The first-order valence-corrected chi connectivity index (χ1v) is 10.1. The van der Waals surface area contributed by atoms with E-state index in [2.05, 4.69) is 58.9 Å². The molecule has 2 heterocycles. The molecule has 2 aromatic carbocycles. The first kappa shape index (κ1) is 18.1. The minimum Gasteiger partial charge on any atom is -0.466 e. The Morgan fingerprint density at radius 2 is 1.93 bits per heavy atom. The van der Waals surface area contributed by atoms with Crippen LogP contribution in [0, 0.1) is 5.92 Å². The molecule has 1 aliphatic rings. The van der Waals surface area contributed by atoms with Gasteiger partial charge in [0.15, 0.2) is 0 Å². The number of fused-ring (bicyclic) bond motifs is 3. The number of nitrogens with zero attached hydrogens (tertiary/aromatic N) is 2. The van der Waals surface area contributed by atoms with Crippen molar-refractivity contribution < 1.29 is 9.53 Å². The van der Waals surface area contributed by atoms with E-state index in [9.17, 15) is 4.79 Å². The summed E-state index contributed by atoms with van der Waals surface area (Å²) in [5, 5.41) is 2.64. The van der Waals surface area contributed by atoms with Crippen molar-refractivity contribution in [3.8, 4) is 0 Å². The maximum absolute atomic E-state index is 12.1. The van der Waals surface area contributed by atoms with E-state index in [1.807, 2.05) is 6.92 Å². The Hall–Kier alpha value is -2.33. The number of piperidine rings is 1. The van der Waals surface area contributed by atoms with Gasteiger partial charge in [-0.05, 0) is 57.0 Å². The van der Waals surface area contributed by atoms with E-state index in [-0.39, 0.29) is 11.9 Å². The second-order valence-electron chi connectivity index (χ2n) is 7.44. The summed E-state index contributed by atoms with van der Waals surface area (Å²) in [6.07, 6.45) is 2.00. The summed E-state index contributed by atoms with van der Waals surface area (Å²) in [4.78, 5) is 14.5. The second-order valence-corrected chi connectivity index (χ2v) is 7.44. The van der Waals surface area contributed by atoms with Gasteiger partial charge >= 0.3 is 5.97 Å². The number of rotatable bonds is 5. The van der Waals surface area contributed by atoms with Crippen LogP contribution in [0.4, 0.5) is 0 Å². The van der Waals surface area contributed by atoms with E-state index in [0.717, 1.165) is 39.0 Å². The number of para-hydroxylation sites is 1. The smallest absolute Gasteiger partial charge is 0.310 e. The molecular weight excluding hydrogens is 336 g/mol. The van der Waals surface area contributed by atoms with E-state index >= 15 is 0 Å². The van der Waals surface area contributed by atoms with Crippen LogP contribution in [0.3, 0.4) is 0 Å². The fraction of sp³-hybridized carbons (Fsp3) is 0.435. The molecule has 4 rings (SSSR count). The number of carbonyl (C=O) groups excluding carboxylic acids is 1. The minimum absolute atomic E-state index is 0.0180. The highest BCUT2D eigenvalue weighted by atomic mass is 16.5. The highest BCUT2D eigenvalue weighted by molar-refractivity contribution is 6.08. The average Bonchev–Trinajstić information content (AvgIpc) is 3.01. The van der Waals surface area contributed by atoms with E-state index < -0.39 is 0 Å². The highest BCUT2D eigenvalue weighted by Crippen LogP contribution is 2.30. The molecule has 1 fully saturated rings. The standard InChI is InChI=1S/C23H28N2O2/c1-3-25-21-10-6-5-9-19(21)20-14-17(11-12-22(20)25)15-24-13-7-8-18(16-24)23(26)27-4-2/h5-6,9-12,14,18H,3-4,7-8,13,15-16H2,1-2H3/t18-/m1/s1. The quantitative estimate of drug-likeness (QED) is 0.621. The Morgan fingerprint density at radius 1 is 1.11 bits per heavy atom. The molecule has 142 valence electrons. The van der Waals surface area contributed by atoms with Gasteiger partial charge in [0.2, 0.25) is 0 Å². The first-order valence-electron chi connectivity index (χ1n) is 10.1. The van der Waals surface area contributed by atoms with Gasteiger partial charge in [-0.15, -0.1) is 0 Å². The Bertz CT molecular complexity index is 960. The van der Waals surface area contributed by atoms with Gasteiger partial charge in [-0.3, -0.25) is 9.69 Å². The van der Waals surface area contributed by atoms with Gasteiger partial charge in [0.05, 0.1) is 12.5 Å². The summed E-state index contributed by atoms with van der Waals surface area (Å²) in [5.74, 6) is -0.0203. The third kappa shape index (κ3) is 3.46. The number of likely N-dealkylation sites (tertiary alicyclic amines) is 1. The van der Waals surface area contributed by atoms with Gasteiger partial charge in [-0.1, -0.05) is 24.3 Å². The molecule has 4 heteroatoms. The third-order valence-corrected chi connectivity index (χ3v) is 5.68. The van der Waals surface area contributed by atoms with Gasteiger partial charge in [0.25, 0.3) is 0 Å². The fourth-order valence-electron chi connectivity index (χ4n) is 4.45. The van der Waals surface area contributed by atoms with Gasteiger partial charge < -0.3 is 9.30 Å². The minimum atomic E-state index is -0.0383. The van der Waals surface area contributed by atoms with Crippen molar-refractivity contribution in [3.63, 3.8) is 0 Å². The van der Waals surface area contributed by atoms with Crippen LogP contribution in [-0.2, 0) is 22.6 Å². The molecule has 1 aromatic heterocycles. The summed E-state index contributed by atoms with van der Waals surface area (Å²) in [6, 6.07) is 15.5. The summed E-state index contributed by atoms with van der Waals surface area (Å²) in [7, 11) is 0. The van der Waals surface area contributed by atoms with E-state index in [1.54, 1.807) is 0 Å². The molecule has 0 saturated carbocycles. The zero-order valence-corrected chi connectivity index (χ0v) is 16.3. The van der Waals surface area contributed by atoms with Crippen molar-refractivity contribution in [2.45, 2.75) is 39.8 Å². The van der Waals surface area contributed by atoms with Crippen LogP contribution in [0.5, 0.6) is 0 Å². The fourth-order valence-corrected chi connectivity index (χ4v) is 4.45. The number of aromatic nitrogens is 1. The lowest BCUT2D eigenvalue weighted by molar-refractivity contribution is -0.150. The van der Waals surface area contributed by atoms with Crippen molar-refractivity contribution >= 4 is 27.8 Å². The molecule has 0 amide bonds. The van der Waals surface area contributed by atoms with Gasteiger partial charge in [-0.25, -0.2) is 0 Å². The Morgan fingerprint density at radius 3 is 2.74 bits per heavy atom. The van der Waals surface area contributed by atoms with Gasteiger partial charge in [-0.2, -0.15) is 0 Å². The van der Waals surface area contributed by atoms with Crippen LogP contribution in [0.25, 0.3) is 21.8 Å². The summed E-state index contributed by atoms with van der Waals surface area (Å²) >= 11 is 0. The highest BCUT2D eigenvalue weighted by Gasteiger charge is 2.26. The van der Waals surface area contributed by atoms with Crippen LogP contribution < -0.4 is 0 Å². The average molecular weight is 364 g/mol. The Balaban J connectivity index is 1.59. The lowest BCUT2D eigenvalue weighted by atomic mass is 9.97. The molecule has 0 unspecified atom stereocenters. The lowest BCUT2D eigenvalue weighted by Gasteiger charge is -2.31.